The fourth-order valence-electron chi connectivity index (χ4n) is 3.21. The highest BCUT2D eigenvalue weighted by Crippen LogP contribution is 2.32. The van der Waals surface area contributed by atoms with Gasteiger partial charge in [-0.05, 0) is 75.8 Å². The minimum absolute atomic E-state index is 0.134. The number of hydrogen-bond acceptors (Lipinski definition) is 4. The van der Waals surface area contributed by atoms with Crippen molar-refractivity contribution in [2.45, 2.75) is 57.4 Å². The normalized spacial score (nSPS) is 17.4. The second-order valence-corrected chi connectivity index (χ2v) is 11.1. The van der Waals surface area contributed by atoms with Crippen molar-refractivity contribution in [1.29, 1.82) is 0 Å². The van der Waals surface area contributed by atoms with Gasteiger partial charge in [0.1, 0.15) is 0 Å². The van der Waals surface area contributed by atoms with Crippen molar-refractivity contribution in [3.05, 3.63) is 45.6 Å². The minimum Gasteiger partial charge on any atom is -0.321 e. The molecule has 1 atom stereocenters. The average Bonchev–Trinajstić information content (AvgIpc) is 2.96. The lowest BCUT2D eigenvalue weighted by molar-refractivity contribution is 0.103. The standard InChI is InChI=1S/C20H26N2O3S2/c1-13-8-9-17-14(10-13)11-18(26-17)19(23)21-15-6-5-7-16(12-15)27(24,25)22-20(2,3)4/h5-7,11-13,22H,8-10H2,1-4H3,(H,21,23). The number of amides is 1. The fraction of sp³-hybridized carbons (Fsp3) is 0.450. The largest absolute Gasteiger partial charge is 0.321 e. The van der Waals surface area contributed by atoms with E-state index in [1.807, 2.05) is 6.07 Å². The van der Waals surface area contributed by atoms with Crippen LogP contribution < -0.4 is 10.0 Å². The highest BCUT2D eigenvalue weighted by Gasteiger charge is 2.23. The van der Waals surface area contributed by atoms with Crippen molar-refractivity contribution in [2.75, 3.05) is 5.32 Å². The molecule has 0 saturated heterocycles. The van der Waals surface area contributed by atoms with Crippen molar-refractivity contribution >= 4 is 33.0 Å². The maximum absolute atomic E-state index is 12.6. The predicted octanol–water partition coefficient (Wildman–Crippen LogP) is 4.20. The molecule has 2 N–H and O–H groups in total. The Labute approximate surface area is 165 Å². The Morgan fingerprint density at radius 1 is 1.22 bits per heavy atom. The van der Waals surface area contributed by atoms with Crippen molar-refractivity contribution < 1.29 is 13.2 Å². The third kappa shape index (κ3) is 4.97. The third-order valence-corrected chi connectivity index (χ3v) is 7.39. The molecule has 146 valence electrons. The molecular formula is C20H26N2O3S2. The molecule has 5 nitrogen and oxygen atoms in total. The highest BCUT2D eigenvalue weighted by atomic mass is 32.2. The van der Waals surface area contributed by atoms with E-state index in [-0.39, 0.29) is 10.8 Å². The summed E-state index contributed by atoms with van der Waals surface area (Å²) in [5, 5.41) is 2.83. The van der Waals surface area contributed by atoms with Gasteiger partial charge in [-0.2, -0.15) is 0 Å². The molecule has 1 unspecified atom stereocenters. The van der Waals surface area contributed by atoms with Crippen molar-refractivity contribution in [2.24, 2.45) is 5.92 Å². The van der Waals surface area contributed by atoms with E-state index >= 15 is 0 Å². The Balaban J connectivity index is 1.78. The molecule has 0 spiro atoms. The van der Waals surface area contributed by atoms with Crippen LogP contribution in [0, 0.1) is 5.92 Å². The maximum atomic E-state index is 12.6. The number of rotatable bonds is 4. The number of fused-ring (bicyclic) bond motifs is 1. The molecular weight excluding hydrogens is 380 g/mol. The lowest BCUT2D eigenvalue weighted by atomic mass is 9.90. The smallest absolute Gasteiger partial charge is 0.265 e. The molecule has 1 aromatic carbocycles. The molecule has 1 heterocycles. The molecule has 0 fully saturated rings. The summed E-state index contributed by atoms with van der Waals surface area (Å²) < 4.78 is 27.6. The summed E-state index contributed by atoms with van der Waals surface area (Å²) in [5.74, 6) is 0.459. The number of aryl methyl sites for hydroxylation is 1. The molecule has 1 amide bonds. The van der Waals surface area contributed by atoms with Gasteiger partial charge in [-0.1, -0.05) is 13.0 Å². The van der Waals surface area contributed by atoms with Gasteiger partial charge in [-0.15, -0.1) is 11.3 Å². The maximum Gasteiger partial charge on any atom is 0.265 e. The van der Waals surface area contributed by atoms with Crippen LogP contribution in [0.4, 0.5) is 5.69 Å². The minimum atomic E-state index is -3.65. The number of hydrogen-bond donors (Lipinski definition) is 2. The molecule has 0 bridgehead atoms. The van der Waals surface area contributed by atoms with E-state index in [4.69, 9.17) is 0 Å². The Morgan fingerprint density at radius 3 is 2.67 bits per heavy atom. The second-order valence-electron chi connectivity index (χ2n) is 8.24. The number of sulfonamides is 1. The Hall–Kier alpha value is -1.70. The molecule has 7 heteroatoms. The van der Waals surface area contributed by atoms with Crippen molar-refractivity contribution in [3.8, 4) is 0 Å². The van der Waals surface area contributed by atoms with Gasteiger partial charge < -0.3 is 5.32 Å². The molecule has 0 aliphatic heterocycles. The molecule has 1 aliphatic carbocycles. The first-order chi connectivity index (χ1) is 12.5. The van der Waals surface area contributed by atoms with E-state index < -0.39 is 15.6 Å². The quantitative estimate of drug-likeness (QED) is 0.799. The van der Waals surface area contributed by atoms with Gasteiger partial charge in [0.2, 0.25) is 10.0 Å². The Bertz CT molecular complexity index is 956. The summed E-state index contributed by atoms with van der Waals surface area (Å²) in [4.78, 5) is 14.7. The molecule has 1 aromatic heterocycles. The van der Waals surface area contributed by atoms with Crippen LogP contribution in [0.5, 0.6) is 0 Å². The van der Waals surface area contributed by atoms with Crippen LogP contribution in [0.25, 0.3) is 0 Å². The van der Waals surface area contributed by atoms with Crippen LogP contribution in [0.3, 0.4) is 0 Å². The van der Waals surface area contributed by atoms with Gasteiger partial charge in [0, 0.05) is 16.1 Å². The first kappa shape index (κ1) is 20.0. The molecule has 27 heavy (non-hydrogen) atoms. The number of thiophene rings is 1. The first-order valence-corrected chi connectivity index (χ1v) is 11.4. The van der Waals surface area contributed by atoms with Crippen LogP contribution in [0.15, 0.2) is 35.2 Å². The van der Waals surface area contributed by atoms with Gasteiger partial charge in [0.05, 0.1) is 9.77 Å². The zero-order valence-electron chi connectivity index (χ0n) is 16.1. The van der Waals surface area contributed by atoms with E-state index in [1.54, 1.807) is 32.9 Å². The number of carbonyl (C=O) groups is 1. The monoisotopic (exact) mass is 406 g/mol. The van der Waals surface area contributed by atoms with E-state index in [0.717, 1.165) is 19.3 Å². The number of benzene rings is 1. The SMILES string of the molecule is CC1CCc2sc(C(=O)Nc3cccc(S(=O)(=O)NC(C)(C)C)c3)cc2C1. The van der Waals surface area contributed by atoms with Gasteiger partial charge in [-0.3, -0.25) is 4.79 Å². The van der Waals surface area contributed by atoms with E-state index in [9.17, 15) is 13.2 Å². The van der Waals surface area contributed by atoms with Gasteiger partial charge >= 0.3 is 0 Å². The topological polar surface area (TPSA) is 75.3 Å². The van der Waals surface area contributed by atoms with Crippen LogP contribution in [0.2, 0.25) is 0 Å². The van der Waals surface area contributed by atoms with Gasteiger partial charge in [0.15, 0.2) is 0 Å². The summed E-state index contributed by atoms with van der Waals surface area (Å²) in [5.41, 5.74) is 1.16. The van der Waals surface area contributed by atoms with Gasteiger partial charge in [-0.25, -0.2) is 13.1 Å². The summed E-state index contributed by atoms with van der Waals surface area (Å²) in [6.07, 6.45) is 3.21. The van der Waals surface area contributed by atoms with E-state index in [1.165, 1.54) is 33.9 Å². The van der Waals surface area contributed by atoms with Gasteiger partial charge in [0.25, 0.3) is 5.91 Å². The molecule has 0 radical (unpaired) electrons. The molecule has 2 aromatic rings. The fourth-order valence-corrected chi connectivity index (χ4v) is 5.78. The first-order valence-electron chi connectivity index (χ1n) is 9.10. The Kier molecular flexibility index (Phi) is 5.47. The number of carbonyl (C=O) groups excluding carboxylic acids is 1. The zero-order chi connectivity index (χ0) is 19.8. The molecule has 3 rings (SSSR count). The van der Waals surface area contributed by atoms with Crippen LogP contribution in [-0.4, -0.2) is 19.9 Å². The summed E-state index contributed by atoms with van der Waals surface area (Å²) >= 11 is 1.54. The van der Waals surface area contributed by atoms with Crippen LogP contribution >= 0.6 is 11.3 Å². The number of nitrogens with one attached hydrogen (secondary N) is 2. The lowest BCUT2D eigenvalue weighted by Crippen LogP contribution is -2.40. The van der Waals surface area contributed by atoms with E-state index in [2.05, 4.69) is 17.0 Å². The third-order valence-electron chi connectivity index (χ3n) is 4.40. The summed E-state index contributed by atoms with van der Waals surface area (Å²) in [6, 6.07) is 8.32. The second kappa shape index (κ2) is 7.37. The van der Waals surface area contributed by atoms with Crippen molar-refractivity contribution in [1.82, 2.24) is 4.72 Å². The molecule has 0 saturated carbocycles. The van der Waals surface area contributed by atoms with Crippen molar-refractivity contribution in [3.63, 3.8) is 0 Å². The van der Waals surface area contributed by atoms with Crippen LogP contribution in [-0.2, 0) is 22.9 Å². The number of anilines is 1. The predicted molar refractivity (Wildman–Crippen MR) is 110 cm³/mol. The van der Waals surface area contributed by atoms with E-state index in [0.29, 0.717) is 16.5 Å². The average molecular weight is 407 g/mol. The summed E-state index contributed by atoms with van der Waals surface area (Å²) in [6.45, 7) is 7.60. The highest BCUT2D eigenvalue weighted by molar-refractivity contribution is 7.89. The zero-order valence-corrected chi connectivity index (χ0v) is 17.8. The molecule has 1 aliphatic rings. The Morgan fingerprint density at radius 2 is 1.96 bits per heavy atom. The lowest BCUT2D eigenvalue weighted by Gasteiger charge is -2.20. The van der Waals surface area contributed by atoms with Crippen LogP contribution in [0.1, 0.15) is 54.2 Å². The summed E-state index contributed by atoms with van der Waals surface area (Å²) in [7, 11) is -3.65.